The average Bonchev–Trinajstić information content (AvgIpc) is 2.56. The number of nitrogens with one attached hydrogen (secondary N) is 2. The van der Waals surface area contributed by atoms with Crippen molar-refractivity contribution in [2.75, 3.05) is 31.4 Å². The van der Waals surface area contributed by atoms with Gasteiger partial charge in [-0.05, 0) is 30.7 Å². The first kappa shape index (κ1) is 17.0. The smallest absolute Gasteiger partial charge is 0.243 e. The normalized spacial score (nSPS) is 10.1. The van der Waals surface area contributed by atoms with E-state index in [9.17, 15) is 4.79 Å². The molecule has 1 amide bonds. The Labute approximate surface area is 140 Å². The van der Waals surface area contributed by atoms with Crippen molar-refractivity contribution in [3.8, 4) is 11.5 Å². The molecule has 0 spiro atoms. The van der Waals surface area contributed by atoms with Crippen LogP contribution in [0.2, 0.25) is 5.02 Å². The number of para-hydroxylation sites is 2. The van der Waals surface area contributed by atoms with Gasteiger partial charge < -0.3 is 20.1 Å². The Bertz CT molecular complexity index is 704. The lowest BCUT2D eigenvalue weighted by Crippen LogP contribution is -2.22. The highest BCUT2D eigenvalue weighted by Crippen LogP contribution is 2.31. The van der Waals surface area contributed by atoms with Gasteiger partial charge >= 0.3 is 0 Å². The van der Waals surface area contributed by atoms with Crippen LogP contribution in [0.1, 0.15) is 5.56 Å². The second-order valence-corrected chi connectivity index (χ2v) is 5.31. The molecule has 2 N–H and O–H groups in total. The van der Waals surface area contributed by atoms with Crippen LogP contribution < -0.4 is 20.1 Å². The zero-order chi connectivity index (χ0) is 16.8. The summed E-state index contributed by atoms with van der Waals surface area (Å²) in [5.74, 6) is 1.00. The largest absolute Gasteiger partial charge is 0.495 e. The van der Waals surface area contributed by atoms with Crippen LogP contribution in [0.3, 0.4) is 0 Å². The van der Waals surface area contributed by atoms with Gasteiger partial charge in [0.1, 0.15) is 11.5 Å². The zero-order valence-corrected chi connectivity index (χ0v) is 14.0. The number of hydrogen-bond acceptors (Lipinski definition) is 4. The number of aryl methyl sites for hydroxylation is 1. The summed E-state index contributed by atoms with van der Waals surface area (Å²) < 4.78 is 10.5. The molecule has 0 saturated heterocycles. The lowest BCUT2D eigenvalue weighted by atomic mass is 10.2. The van der Waals surface area contributed by atoms with Crippen LogP contribution in [0.15, 0.2) is 36.4 Å². The molecule has 0 atom stereocenters. The Morgan fingerprint density at radius 2 is 1.78 bits per heavy atom. The van der Waals surface area contributed by atoms with E-state index < -0.39 is 0 Å². The highest BCUT2D eigenvalue weighted by molar-refractivity contribution is 6.31. The number of methoxy groups -OCH3 is 2. The Kier molecular flexibility index (Phi) is 5.71. The maximum absolute atomic E-state index is 12.1. The summed E-state index contributed by atoms with van der Waals surface area (Å²) in [4.78, 5) is 12.1. The summed E-state index contributed by atoms with van der Waals surface area (Å²) >= 11 is 6.06. The van der Waals surface area contributed by atoms with Crippen LogP contribution in [0.25, 0.3) is 0 Å². The molecule has 2 aromatic carbocycles. The van der Waals surface area contributed by atoms with E-state index >= 15 is 0 Å². The zero-order valence-electron chi connectivity index (χ0n) is 13.3. The van der Waals surface area contributed by atoms with E-state index in [0.29, 0.717) is 22.2 Å². The molecule has 0 saturated carbocycles. The van der Waals surface area contributed by atoms with Crippen LogP contribution >= 0.6 is 11.6 Å². The maximum atomic E-state index is 12.1. The van der Waals surface area contributed by atoms with Gasteiger partial charge in [-0.15, -0.1) is 0 Å². The van der Waals surface area contributed by atoms with Gasteiger partial charge in [0.15, 0.2) is 0 Å². The summed E-state index contributed by atoms with van der Waals surface area (Å²) in [6.45, 7) is 1.97. The summed E-state index contributed by atoms with van der Waals surface area (Å²) in [5, 5.41) is 6.44. The molecule has 0 fully saturated rings. The molecule has 23 heavy (non-hydrogen) atoms. The van der Waals surface area contributed by atoms with Crippen molar-refractivity contribution in [3.63, 3.8) is 0 Å². The monoisotopic (exact) mass is 334 g/mol. The van der Waals surface area contributed by atoms with Crippen molar-refractivity contribution >= 4 is 28.9 Å². The van der Waals surface area contributed by atoms with E-state index in [0.717, 1.165) is 11.3 Å². The summed E-state index contributed by atoms with van der Waals surface area (Å²) in [5.41, 5.74) is 2.20. The number of carbonyl (C=O) groups excluding carboxylic acids is 1. The van der Waals surface area contributed by atoms with Gasteiger partial charge in [0.25, 0.3) is 0 Å². The minimum Gasteiger partial charge on any atom is -0.495 e. The Morgan fingerprint density at radius 1 is 1.09 bits per heavy atom. The lowest BCUT2D eigenvalue weighted by molar-refractivity contribution is -0.114. The second-order valence-electron chi connectivity index (χ2n) is 4.90. The fraction of sp³-hybridized carbons (Fsp3) is 0.235. The van der Waals surface area contributed by atoms with E-state index in [-0.39, 0.29) is 12.5 Å². The molecule has 0 aliphatic carbocycles. The van der Waals surface area contributed by atoms with Crippen molar-refractivity contribution < 1.29 is 14.3 Å². The number of halogens is 1. The minimum atomic E-state index is -0.198. The molecule has 0 radical (unpaired) electrons. The first-order valence-electron chi connectivity index (χ1n) is 7.06. The van der Waals surface area contributed by atoms with Gasteiger partial charge in [0.05, 0.1) is 32.1 Å². The summed E-state index contributed by atoms with van der Waals surface area (Å²) in [6, 6.07) is 10.9. The molecule has 0 heterocycles. The van der Waals surface area contributed by atoms with E-state index in [4.69, 9.17) is 21.1 Å². The van der Waals surface area contributed by atoms with Gasteiger partial charge in [0.2, 0.25) is 5.91 Å². The first-order valence-corrected chi connectivity index (χ1v) is 7.43. The van der Waals surface area contributed by atoms with E-state index in [1.54, 1.807) is 19.2 Å². The standard InChI is InChI=1S/C17H19ClN2O3/c1-11-8-14(16(23-3)9-12(11)18)20-17(21)10-19-13-6-4-5-7-15(13)22-2/h4-9,19H,10H2,1-3H3,(H,20,21). The number of hydrogen-bond donors (Lipinski definition) is 2. The highest BCUT2D eigenvalue weighted by atomic mass is 35.5. The predicted molar refractivity (Wildman–Crippen MR) is 92.9 cm³/mol. The molecule has 2 aromatic rings. The van der Waals surface area contributed by atoms with Crippen LogP contribution in [0.5, 0.6) is 11.5 Å². The molecule has 0 unspecified atom stereocenters. The third-order valence-electron chi connectivity index (χ3n) is 3.30. The van der Waals surface area contributed by atoms with Crippen molar-refractivity contribution in [1.82, 2.24) is 0 Å². The average molecular weight is 335 g/mol. The number of anilines is 2. The number of carbonyl (C=O) groups is 1. The number of amides is 1. The van der Waals surface area contributed by atoms with Gasteiger partial charge in [-0.25, -0.2) is 0 Å². The van der Waals surface area contributed by atoms with Crippen molar-refractivity contribution in [2.45, 2.75) is 6.92 Å². The Morgan fingerprint density at radius 3 is 2.48 bits per heavy atom. The predicted octanol–water partition coefficient (Wildman–Crippen LogP) is 3.72. The molecule has 6 heteroatoms. The minimum absolute atomic E-state index is 0.102. The fourth-order valence-corrected chi connectivity index (χ4v) is 2.24. The second kappa shape index (κ2) is 7.74. The summed E-state index contributed by atoms with van der Waals surface area (Å²) in [6.07, 6.45) is 0. The van der Waals surface area contributed by atoms with Gasteiger partial charge in [-0.2, -0.15) is 0 Å². The molecule has 0 bridgehead atoms. The van der Waals surface area contributed by atoms with Crippen LogP contribution in [-0.4, -0.2) is 26.7 Å². The Hall–Kier alpha value is -2.40. The molecular weight excluding hydrogens is 316 g/mol. The van der Waals surface area contributed by atoms with Crippen molar-refractivity contribution in [3.05, 3.63) is 47.0 Å². The maximum Gasteiger partial charge on any atom is 0.243 e. The first-order chi connectivity index (χ1) is 11.0. The van der Waals surface area contributed by atoms with Crippen LogP contribution in [-0.2, 0) is 4.79 Å². The molecule has 122 valence electrons. The van der Waals surface area contributed by atoms with E-state index in [2.05, 4.69) is 10.6 Å². The van der Waals surface area contributed by atoms with Gasteiger partial charge in [-0.3, -0.25) is 4.79 Å². The highest BCUT2D eigenvalue weighted by Gasteiger charge is 2.11. The molecule has 2 rings (SSSR count). The quantitative estimate of drug-likeness (QED) is 0.845. The van der Waals surface area contributed by atoms with E-state index in [1.807, 2.05) is 31.2 Å². The number of benzene rings is 2. The molecular formula is C17H19ClN2O3. The van der Waals surface area contributed by atoms with E-state index in [1.165, 1.54) is 7.11 Å². The van der Waals surface area contributed by atoms with Crippen LogP contribution in [0.4, 0.5) is 11.4 Å². The molecule has 0 aromatic heterocycles. The fourth-order valence-electron chi connectivity index (χ4n) is 2.09. The van der Waals surface area contributed by atoms with Crippen molar-refractivity contribution in [2.24, 2.45) is 0 Å². The SMILES string of the molecule is COc1ccccc1NCC(=O)Nc1cc(C)c(Cl)cc1OC. The summed E-state index contributed by atoms with van der Waals surface area (Å²) in [7, 11) is 3.12. The number of ether oxygens (including phenoxy) is 2. The molecule has 0 aliphatic rings. The molecule has 0 aliphatic heterocycles. The topological polar surface area (TPSA) is 59.6 Å². The third kappa shape index (κ3) is 4.29. The van der Waals surface area contributed by atoms with Crippen LogP contribution in [0, 0.1) is 6.92 Å². The van der Waals surface area contributed by atoms with Gasteiger partial charge in [-0.1, -0.05) is 23.7 Å². The molecule has 5 nitrogen and oxygen atoms in total. The van der Waals surface area contributed by atoms with Gasteiger partial charge in [0, 0.05) is 11.1 Å². The number of rotatable bonds is 6. The Balaban J connectivity index is 2.04. The van der Waals surface area contributed by atoms with Crippen molar-refractivity contribution in [1.29, 1.82) is 0 Å². The third-order valence-corrected chi connectivity index (χ3v) is 3.71. The lowest BCUT2D eigenvalue weighted by Gasteiger charge is -2.14.